The van der Waals surface area contributed by atoms with E-state index in [9.17, 15) is 0 Å². The summed E-state index contributed by atoms with van der Waals surface area (Å²) in [7, 11) is 0. The molecule has 4 unspecified atom stereocenters. The Balaban J connectivity index is 1.69. The van der Waals surface area contributed by atoms with Gasteiger partial charge in [0.2, 0.25) is 0 Å². The Hall–Kier alpha value is -1.43. The highest BCUT2D eigenvalue weighted by molar-refractivity contribution is 5.63. The third-order valence-electron chi connectivity index (χ3n) is 5.59. The zero-order valence-corrected chi connectivity index (χ0v) is 11.7. The second-order valence-corrected chi connectivity index (χ2v) is 6.30. The van der Waals surface area contributed by atoms with Gasteiger partial charge in [-0.1, -0.05) is 0 Å². The normalized spacial score (nSPS) is 40.4. The van der Waals surface area contributed by atoms with Gasteiger partial charge in [-0.05, 0) is 13.0 Å². The van der Waals surface area contributed by atoms with Gasteiger partial charge in [0.15, 0.2) is 6.17 Å². The molecule has 5 rings (SSSR count). The van der Waals surface area contributed by atoms with Crippen LogP contribution in [0, 0.1) is 0 Å². The fourth-order valence-electron chi connectivity index (χ4n) is 4.54. The summed E-state index contributed by atoms with van der Waals surface area (Å²) >= 11 is 0. The van der Waals surface area contributed by atoms with Crippen LogP contribution < -0.4 is 15.5 Å². The molecule has 1 aromatic heterocycles. The highest BCUT2D eigenvalue weighted by Gasteiger charge is 2.63. The molecule has 5 nitrogen and oxygen atoms in total. The van der Waals surface area contributed by atoms with Crippen LogP contribution in [-0.2, 0) is 0 Å². The third kappa shape index (κ3) is 1.17. The predicted molar refractivity (Wildman–Crippen MR) is 76.8 cm³/mol. The minimum atomic E-state index is 0.518. The van der Waals surface area contributed by atoms with Crippen molar-refractivity contribution in [3.8, 4) is 0 Å². The molecule has 0 amide bonds. The van der Waals surface area contributed by atoms with Gasteiger partial charge in [0.05, 0.1) is 37.6 Å². The molecule has 0 aromatic carbocycles. The lowest BCUT2D eigenvalue weighted by Crippen LogP contribution is -2.64. The average molecular weight is 270 g/mol. The summed E-state index contributed by atoms with van der Waals surface area (Å²) in [5.41, 5.74) is 4.26. The van der Waals surface area contributed by atoms with Crippen molar-refractivity contribution in [2.24, 2.45) is 0 Å². The molecule has 5 heterocycles. The summed E-state index contributed by atoms with van der Waals surface area (Å²) in [6.45, 7) is 6.87. The van der Waals surface area contributed by atoms with Crippen molar-refractivity contribution in [3.05, 3.63) is 35.9 Å². The maximum Gasteiger partial charge on any atom is 0.190 e. The fraction of sp³-hybridized carbons (Fsp3) is 0.533. The zero-order chi connectivity index (χ0) is 13.3. The van der Waals surface area contributed by atoms with Crippen LogP contribution in [-0.4, -0.2) is 47.9 Å². The number of likely N-dealkylation sites (N-methyl/N-ethyl adjacent to an activating group) is 1. The number of anilines is 1. The molecule has 4 aliphatic heterocycles. The first kappa shape index (κ1) is 11.3. The maximum atomic E-state index is 4.31. The number of aromatic nitrogens is 1. The van der Waals surface area contributed by atoms with Crippen molar-refractivity contribution >= 4 is 5.69 Å². The lowest BCUT2D eigenvalue weighted by molar-refractivity contribution is -0.910. The molecule has 2 saturated heterocycles. The van der Waals surface area contributed by atoms with Gasteiger partial charge in [0, 0.05) is 24.5 Å². The molecule has 4 atom stereocenters. The van der Waals surface area contributed by atoms with Gasteiger partial charge in [0.1, 0.15) is 11.7 Å². The van der Waals surface area contributed by atoms with E-state index >= 15 is 0 Å². The van der Waals surface area contributed by atoms with Crippen LogP contribution in [0.3, 0.4) is 0 Å². The Morgan fingerprint density at radius 2 is 2.45 bits per heavy atom. The van der Waals surface area contributed by atoms with E-state index in [1.54, 1.807) is 5.70 Å². The maximum absolute atomic E-state index is 4.31. The van der Waals surface area contributed by atoms with E-state index in [1.807, 2.05) is 12.4 Å². The average Bonchev–Trinajstić information content (AvgIpc) is 3.22. The minimum Gasteiger partial charge on any atom is -0.303 e. The minimum absolute atomic E-state index is 0.518. The van der Waals surface area contributed by atoms with Crippen molar-refractivity contribution in [2.45, 2.75) is 25.2 Å². The summed E-state index contributed by atoms with van der Waals surface area (Å²) < 4.78 is 1.14. The Bertz CT molecular complexity index is 612. The Labute approximate surface area is 118 Å². The van der Waals surface area contributed by atoms with Gasteiger partial charge in [-0.2, -0.15) is 0 Å². The second kappa shape index (κ2) is 3.61. The number of rotatable bonds is 1. The SMILES string of the molecule is CC[N+]12CCNCC1=CN1c3ccncc3C3NC3C12. The second-order valence-electron chi connectivity index (χ2n) is 6.30. The number of hydrogen-bond acceptors (Lipinski definition) is 4. The largest absolute Gasteiger partial charge is 0.303 e. The summed E-state index contributed by atoms with van der Waals surface area (Å²) in [5.74, 6) is 0. The van der Waals surface area contributed by atoms with E-state index in [0.717, 1.165) is 17.6 Å². The molecular weight excluding hydrogens is 250 g/mol. The summed E-state index contributed by atoms with van der Waals surface area (Å²) in [6.07, 6.45) is 6.89. The van der Waals surface area contributed by atoms with Crippen molar-refractivity contribution in [1.82, 2.24) is 15.6 Å². The predicted octanol–water partition coefficient (Wildman–Crippen LogP) is 0.535. The van der Waals surface area contributed by atoms with Crippen LogP contribution in [0.25, 0.3) is 0 Å². The molecule has 0 saturated carbocycles. The van der Waals surface area contributed by atoms with E-state index in [2.05, 4.69) is 39.7 Å². The van der Waals surface area contributed by atoms with E-state index < -0.39 is 0 Å². The monoisotopic (exact) mass is 270 g/mol. The molecule has 2 N–H and O–H groups in total. The van der Waals surface area contributed by atoms with Crippen molar-refractivity contribution in [2.75, 3.05) is 31.1 Å². The molecule has 20 heavy (non-hydrogen) atoms. The van der Waals surface area contributed by atoms with Gasteiger partial charge in [-0.15, -0.1) is 0 Å². The topological polar surface area (TPSA) is 50.1 Å². The summed E-state index contributed by atoms with van der Waals surface area (Å²) in [6, 6.07) is 3.27. The first-order valence-corrected chi connectivity index (χ1v) is 7.62. The summed E-state index contributed by atoms with van der Waals surface area (Å²) in [4.78, 5) is 6.83. The van der Waals surface area contributed by atoms with Crippen molar-refractivity contribution in [1.29, 1.82) is 0 Å². The van der Waals surface area contributed by atoms with Crippen molar-refractivity contribution < 1.29 is 4.48 Å². The van der Waals surface area contributed by atoms with Gasteiger partial charge in [0.25, 0.3) is 0 Å². The Morgan fingerprint density at radius 3 is 3.35 bits per heavy atom. The van der Waals surface area contributed by atoms with Crippen LogP contribution in [0.15, 0.2) is 30.4 Å². The van der Waals surface area contributed by atoms with Crippen molar-refractivity contribution in [3.63, 3.8) is 0 Å². The molecule has 4 aliphatic rings. The van der Waals surface area contributed by atoms with E-state index in [1.165, 1.54) is 24.3 Å². The quantitative estimate of drug-likeness (QED) is 0.577. The third-order valence-corrected chi connectivity index (χ3v) is 5.59. The molecule has 0 bridgehead atoms. The number of nitrogens with zero attached hydrogens (tertiary/aromatic N) is 3. The number of hydrogen-bond donors (Lipinski definition) is 2. The first-order valence-electron chi connectivity index (χ1n) is 7.62. The molecular formula is C15H20N5+. The molecule has 5 heteroatoms. The van der Waals surface area contributed by atoms with E-state index in [-0.39, 0.29) is 0 Å². The number of pyridine rings is 1. The molecule has 2 fully saturated rings. The molecule has 1 aromatic rings. The van der Waals surface area contributed by atoms with Crippen LogP contribution >= 0.6 is 0 Å². The molecule has 0 aliphatic carbocycles. The number of quaternary nitrogens is 1. The van der Waals surface area contributed by atoms with E-state index in [0.29, 0.717) is 18.2 Å². The zero-order valence-electron chi connectivity index (χ0n) is 11.7. The number of piperazine rings is 1. The molecule has 0 spiro atoms. The Kier molecular flexibility index (Phi) is 2.03. The van der Waals surface area contributed by atoms with Gasteiger partial charge in [-0.3, -0.25) is 19.7 Å². The fourth-order valence-corrected chi connectivity index (χ4v) is 4.54. The standard InChI is InChI=1S/C15H20N5/c1-2-20-6-5-17-7-10(20)9-19-12-3-4-16-8-11(12)13-14(18-13)15(19)20/h3-4,8-9,13-15,17-18H,2,5-7H2,1H3/q+1. The molecule has 104 valence electrons. The summed E-state index contributed by atoms with van der Waals surface area (Å²) in [5, 5.41) is 7.23. The van der Waals surface area contributed by atoms with Crippen LogP contribution in [0.4, 0.5) is 5.69 Å². The van der Waals surface area contributed by atoms with Gasteiger partial charge < -0.3 is 5.32 Å². The smallest absolute Gasteiger partial charge is 0.190 e. The highest BCUT2D eigenvalue weighted by Crippen LogP contribution is 2.51. The lowest BCUT2D eigenvalue weighted by Gasteiger charge is -2.46. The number of nitrogens with one attached hydrogen (secondary N) is 2. The lowest BCUT2D eigenvalue weighted by atomic mass is 10.0. The van der Waals surface area contributed by atoms with Crippen LogP contribution in [0.2, 0.25) is 0 Å². The van der Waals surface area contributed by atoms with Gasteiger partial charge in [-0.25, -0.2) is 0 Å². The van der Waals surface area contributed by atoms with Crippen LogP contribution in [0.1, 0.15) is 18.5 Å². The number of fused-ring (bicyclic) bond motifs is 8. The van der Waals surface area contributed by atoms with Gasteiger partial charge >= 0.3 is 0 Å². The molecule has 0 radical (unpaired) electrons. The highest BCUT2D eigenvalue weighted by atomic mass is 15.6. The van der Waals surface area contributed by atoms with E-state index in [4.69, 9.17) is 0 Å². The Morgan fingerprint density at radius 1 is 1.50 bits per heavy atom. The first-order chi connectivity index (χ1) is 9.85. The van der Waals surface area contributed by atoms with Crippen LogP contribution in [0.5, 0.6) is 0 Å².